The summed E-state index contributed by atoms with van der Waals surface area (Å²) in [4.78, 5) is 0. The second-order valence-electron chi connectivity index (χ2n) is 1.81. The highest BCUT2D eigenvalue weighted by molar-refractivity contribution is 9.11. The zero-order valence-corrected chi connectivity index (χ0v) is 7.79. The molecule has 0 bridgehead atoms. The Morgan fingerprint density at radius 1 is 1.64 bits per heavy atom. The first-order valence-electron chi connectivity index (χ1n) is 2.81. The van der Waals surface area contributed by atoms with Gasteiger partial charge in [0.15, 0.2) is 0 Å². The van der Waals surface area contributed by atoms with Gasteiger partial charge in [-0.1, -0.05) is 11.8 Å². The van der Waals surface area contributed by atoms with Crippen molar-refractivity contribution in [1.29, 1.82) is 0 Å². The number of hydrogen-bond acceptors (Lipinski definition) is 2. The number of thioether (sulfide) groups is 1. The van der Waals surface area contributed by atoms with Crippen molar-refractivity contribution in [3.63, 3.8) is 0 Å². The van der Waals surface area contributed by atoms with E-state index in [0.717, 1.165) is 0 Å². The molecule has 0 aliphatic rings. The Kier molecular flexibility index (Phi) is 2.95. The fraction of sp³-hybridized carbons (Fsp3) is 0.333. The lowest BCUT2D eigenvalue weighted by Gasteiger charge is -2.04. The fourth-order valence-electron chi connectivity index (χ4n) is 0.548. The molecule has 0 aromatic carbocycles. The summed E-state index contributed by atoms with van der Waals surface area (Å²) >= 11 is 2.69. The maximum absolute atomic E-state index is 12.2. The van der Waals surface area contributed by atoms with Crippen LogP contribution in [0.3, 0.4) is 0 Å². The molecule has 11 heavy (non-hydrogen) atoms. The number of alkyl halides is 3. The minimum atomic E-state index is -2.86. The van der Waals surface area contributed by atoms with Gasteiger partial charge >= 0.3 is 4.16 Å². The van der Waals surface area contributed by atoms with E-state index in [0.29, 0.717) is 17.5 Å². The third kappa shape index (κ3) is 3.76. The predicted octanol–water partition coefficient (Wildman–Crippen LogP) is 3.46. The fourth-order valence-corrected chi connectivity index (χ4v) is 1.36. The van der Waals surface area contributed by atoms with Gasteiger partial charge in [0.2, 0.25) is 0 Å². The number of halogens is 3. The van der Waals surface area contributed by atoms with Crippen molar-refractivity contribution in [3.05, 3.63) is 24.2 Å². The van der Waals surface area contributed by atoms with Crippen molar-refractivity contribution in [2.24, 2.45) is 0 Å². The number of rotatable bonds is 3. The molecule has 0 spiro atoms. The molecule has 62 valence electrons. The molecular weight excluding hydrogens is 238 g/mol. The zero-order chi connectivity index (χ0) is 8.32. The van der Waals surface area contributed by atoms with Crippen LogP contribution in [0.25, 0.3) is 0 Å². The van der Waals surface area contributed by atoms with Gasteiger partial charge in [0, 0.05) is 15.9 Å². The molecule has 1 rings (SSSR count). The van der Waals surface area contributed by atoms with Crippen molar-refractivity contribution >= 4 is 27.7 Å². The summed E-state index contributed by atoms with van der Waals surface area (Å²) in [6, 6.07) is 3.33. The highest BCUT2D eigenvalue weighted by Crippen LogP contribution is 2.37. The molecule has 5 heteroatoms. The lowest BCUT2D eigenvalue weighted by molar-refractivity contribution is 0.220. The zero-order valence-electron chi connectivity index (χ0n) is 5.39. The topological polar surface area (TPSA) is 13.1 Å². The average Bonchev–Trinajstić information content (AvgIpc) is 2.32. The van der Waals surface area contributed by atoms with Gasteiger partial charge in [0.25, 0.3) is 0 Å². The van der Waals surface area contributed by atoms with E-state index in [1.54, 1.807) is 12.1 Å². The van der Waals surface area contributed by atoms with Gasteiger partial charge in [-0.2, -0.15) is 8.78 Å². The molecule has 0 amide bonds. The van der Waals surface area contributed by atoms with Crippen LogP contribution in [-0.2, 0) is 5.75 Å². The summed E-state index contributed by atoms with van der Waals surface area (Å²) in [5.41, 5.74) is 0. The molecule has 1 aromatic heterocycles. The van der Waals surface area contributed by atoms with Crippen LogP contribution in [0.5, 0.6) is 0 Å². The number of furan rings is 1. The largest absolute Gasteiger partial charge is 0.468 e. The average molecular weight is 243 g/mol. The Labute approximate surface area is 75.3 Å². The summed E-state index contributed by atoms with van der Waals surface area (Å²) in [6.07, 6.45) is 1.46. The molecule has 0 N–H and O–H groups in total. The minimum absolute atomic E-state index is 0.172. The first-order chi connectivity index (χ1) is 5.08. The van der Waals surface area contributed by atoms with Crippen LogP contribution in [0.2, 0.25) is 0 Å². The molecule has 1 nitrogen and oxygen atoms in total. The molecular formula is C6H5BrF2OS. The third-order valence-corrected chi connectivity index (χ3v) is 2.40. The van der Waals surface area contributed by atoms with Crippen LogP contribution in [0.1, 0.15) is 5.76 Å². The summed E-state index contributed by atoms with van der Waals surface area (Å²) in [7, 11) is 0. The molecule has 0 atom stereocenters. The molecule has 0 aliphatic heterocycles. The highest BCUT2D eigenvalue weighted by atomic mass is 79.9. The lowest BCUT2D eigenvalue weighted by Crippen LogP contribution is -1.96. The molecule has 0 aliphatic carbocycles. The minimum Gasteiger partial charge on any atom is -0.468 e. The van der Waals surface area contributed by atoms with E-state index in [4.69, 9.17) is 4.42 Å². The normalized spacial score (nSPS) is 11.9. The quantitative estimate of drug-likeness (QED) is 0.754. The van der Waals surface area contributed by atoms with E-state index >= 15 is 0 Å². The van der Waals surface area contributed by atoms with Gasteiger partial charge in [-0.25, -0.2) is 0 Å². The van der Waals surface area contributed by atoms with E-state index in [9.17, 15) is 8.78 Å². The summed E-state index contributed by atoms with van der Waals surface area (Å²) < 4.78 is 26.3. The summed E-state index contributed by atoms with van der Waals surface area (Å²) in [6.45, 7) is 0. The maximum atomic E-state index is 12.2. The summed E-state index contributed by atoms with van der Waals surface area (Å²) in [5.74, 6) is 0.722. The van der Waals surface area contributed by atoms with Crippen LogP contribution in [0, 0.1) is 0 Å². The molecule has 1 heterocycles. The number of hydrogen-bond donors (Lipinski definition) is 0. The molecule has 0 saturated heterocycles. The molecule has 0 radical (unpaired) electrons. The van der Waals surface area contributed by atoms with Crippen LogP contribution >= 0.6 is 27.7 Å². The van der Waals surface area contributed by atoms with Gasteiger partial charge in [0.1, 0.15) is 5.76 Å². The third-order valence-electron chi connectivity index (χ3n) is 0.958. The SMILES string of the molecule is FC(F)(Br)SCc1ccco1. The first kappa shape index (κ1) is 9.06. The Morgan fingerprint density at radius 3 is 2.82 bits per heavy atom. The van der Waals surface area contributed by atoms with Gasteiger partial charge in [-0.15, -0.1) is 0 Å². The Morgan fingerprint density at radius 2 is 2.36 bits per heavy atom. The highest BCUT2D eigenvalue weighted by Gasteiger charge is 2.24. The maximum Gasteiger partial charge on any atom is 0.349 e. The lowest BCUT2D eigenvalue weighted by atomic mass is 10.5. The van der Waals surface area contributed by atoms with Gasteiger partial charge < -0.3 is 4.42 Å². The van der Waals surface area contributed by atoms with Crippen molar-refractivity contribution < 1.29 is 13.2 Å². The Hall–Kier alpha value is -0.0300. The van der Waals surface area contributed by atoms with E-state index in [-0.39, 0.29) is 5.75 Å². The second-order valence-corrected chi connectivity index (χ2v) is 4.42. The van der Waals surface area contributed by atoms with Crippen molar-refractivity contribution in [2.45, 2.75) is 9.92 Å². The van der Waals surface area contributed by atoms with Crippen molar-refractivity contribution in [1.82, 2.24) is 0 Å². The van der Waals surface area contributed by atoms with Crippen LogP contribution in [0.4, 0.5) is 8.78 Å². The smallest absolute Gasteiger partial charge is 0.349 e. The Balaban J connectivity index is 2.35. The standard InChI is InChI=1S/C6H5BrF2OS/c7-6(8,9)11-4-5-2-1-3-10-5/h1-3H,4H2. The molecule has 1 aromatic rings. The molecule has 0 saturated carbocycles. The van der Waals surface area contributed by atoms with E-state index in [2.05, 4.69) is 15.9 Å². The van der Waals surface area contributed by atoms with Crippen LogP contribution in [-0.4, -0.2) is 4.16 Å². The molecule has 0 unspecified atom stereocenters. The monoisotopic (exact) mass is 242 g/mol. The van der Waals surface area contributed by atoms with E-state index in [1.165, 1.54) is 6.26 Å². The Bertz CT molecular complexity index is 207. The van der Waals surface area contributed by atoms with Crippen molar-refractivity contribution in [2.75, 3.05) is 0 Å². The predicted molar refractivity (Wildman–Crippen MR) is 43.9 cm³/mol. The molecule has 0 fully saturated rings. The van der Waals surface area contributed by atoms with Gasteiger partial charge in [-0.3, -0.25) is 0 Å². The second kappa shape index (κ2) is 3.58. The van der Waals surface area contributed by atoms with E-state index < -0.39 is 4.16 Å². The van der Waals surface area contributed by atoms with Crippen LogP contribution < -0.4 is 0 Å². The van der Waals surface area contributed by atoms with Crippen LogP contribution in [0.15, 0.2) is 22.8 Å². The van der Waals surface area contributed by atoms with E-state index in [1.807, 2.05) is 0 Å². The van der Waals surface area contributed by atoms with Gasteiger partial charge in [0.05, 0.1) is 12.0 Å². The first-order valence-corrected chi connectivity index (χ1v) is 4.59. The van der Waals surface area contributed by atoms with Gasteiger partial charge in [-0.05, 0) is 12.1 Å². The van der Waals surface area contributed by atoms with Crippen molar-refractivity contribution in [3.8, 4) is 0 Å². The summed E-state index contributed by atoms with van der Waals surface area (Å²) in [5, 5.41) is 0.